The molecule has 2 aromatic heterocycles. The van der Waals surface area contributed by atoms with Crippen molar-refractivity contribution in [3.63, 3.8) is 0 Å². The zero-order chi connectivity index (χ0) is 19.9. The Balaban J connectivity index is 1.44. The van der Waals surface area contributed by atoms with Crippen LogP contribution in [-0.2, 0) is 11.3 Å². The molecule has 1 amide bonds. The number of para-hydroxylation sites is 1. The molecule has 2 aromatic carbocycles. The molecule has 0 bridgehead atoms. The van der Waals surface area contributed by atoms with Crippen molar-refractivity contribution in [3.8, 4) is 11.4 Å². The van der Waals surface area contributed by atoms with Gasteiger partial charge in [-0.25, -0.2) is 9.97 Å². The molecule has 144 valence electrons. The fraction of sp³-hybridized carbons (Fsp3) is 0.130. The summed E-state index contributed by atoms with van der Waals surface area (Å²) in [4.78, 5) is 25.6. The lowest BCUT2D eigenvalue weighted by molar-refractivity contribution is -0.121. The third-order valence-corrected chi connectivity index (χ3v) is 4.50. The van der Waals surface area contributed by atoms with E-state index in [0.717, 1.165) is 22.0 Å². The third-order valence-electron chi connectivity index (χ3n) is 4.50. The van der Waals surface area contributed by atoms with Crippen LogP contribution in [0.1, 0.15) is 12.0 Å². The van der Waals surface area contributed by atoms with E-state index < -0.39 is 0 Å². The molecule has 2 heterocycles. The number of rotatable bonds is 7. The first-order valence-electron chi connectivity index (χ1n) is 9.51. The number of carbonyl (C=O) groups excluding carboxylic acids is 1. The number of amides is 1. The van der Waals surface area contributed by atoms with Crippen LogP contribution in [0.2, 0.25) is 0 Å². The maximum atomic E-state index is 12.2. The lowest BCUT2D eigenvalue weighted by Crippen LogP contribution is -2.25. The molecule has 0 aliphatic carbocycles. The number of hydrogen-bond donors (Lipinski definition) is 2. The van der Waals surface area contributed by atoms with Gasteiger partial charge in [0.25, 0.3) is 0 Å². The van der Waals surface area contributed by atoms with Gasteiger partial charge in [0.1, 0.15) is 5.82 Å². The zero-order valence-corrected chi connectivity index (χ0v) is 15.9. The van der Waals surface area contributed by atoms with Crippen molar-refractivity contribution < 1.29 is 4.79 Å². The SMILES string of the molecule is O=C(CCNc1nc(-c2cccnc2)nc2ccccc12)NCc1ccccc1. The molecule has 0 radical (unpaired) electrons. The molecule has 0 saturated heterocycles. The fourth-order valence-corrected chi connectivity index (χ4v) is 3.01. The topological polar surface area (TPSA) is 79.8 Å². The van der Waals surface area contributed by atoms with E-state index >= 15 is 0 Å². The van der Waals surface area contributed by atoms with Crippen LogP contribution in [0.25, 0.3) is 22.3 Å². The molecule has 0 unspecified atom stereocenters. The number of hydrogen-bond acceptors (Lipinski definition) is 5. The van der Waals surface area contributed by atoms with E-state index in [4.69, 9.17) is 0 Å². The van der Waals surface area contributed by atoms with Gasteiger partial charge >= 0.3 is 0 Å². The molecule has 4 rings (SSSR count). The largest absolute Gasteiger partial charge is 0.369 e. The molecular formula is C23H21N5O. The van der Waals surface area contributed by atoms with Gasteiger partial charge in [0.05, 0.1) is 5.52 Å². The predicted molar refractivity (Wildman–Crippen MR) is 114 cm³/mol. The molecule has 2 N–H and O–H groups in total. The van der Waals surface area contributed by atoms with Gasteiger partial charge in [0.2, 0.25) is 5.91 Å². The number of pyridine rings is 1. The predicted octanol–water partition coefficient (Wildman–Crippen LogP) is 3.81. The molecule has 0 aliphatic rings. The van der Waals surface area contributed by atoms with Crippen LogP contribution in [0.15, 0.2) is 79.1 Å². The molecule has 0 aliphatic heterocycles. The number of nitrogens with zero attached hydrogens (tertiary/aromatic N) is 3. The minimum atomic E-state index is -0.00722. The highest BCUT2D eigenvalue weighted by molar-refractivity contribution is 5.90. The Morgan fingerprint density at radius 2 is 1.72 bits per heavy atom. The zero-order valence-electron chi connectivity index (χ0n) is 15.9. The highest BCUT2D eigenvalue weighted by atomic mass is 16.1. The van der Waals surface area contributed by atoms with E-state index in [9.17, 15) is 4.79 Å². The van der Waals surface area contributed by atoms with Crippen molar-refractivity contribution in [1.29, 1.82) is 0 Å². The Bertz CT molecular complexity index is 1100. The fourth-order valence-electron chi connectivity index (χ4n) is 3.01. The number of fused-ring (bicyclic) bond motifs is 1. The number of nitrogens with one attached hydrogen (secondary N) is 2. The van der Waals surface area contributed by atoms with E-state index in [2.05, 4.69) is 25.6 Å². The first-order chi connectivity index (χ1) is 14.3. The van der Waals surface area contributed by atoms with Gasteiger partial charge in [-0.15, -0.1) is 0 Å². The second-order valence-electron chi connectivity index (χ2n) is 6.59. The average molecular weight is 383 g/mol. The van der Waals surface area contributed by atoms with E-state index in [-0.39, 0.29) is 5.91 Å². The molecule has 0 fully saturated rings. The van der Waals surface area contributed by atoms with Gasteiger partial charge in [-0.05, 0) is 29.8 Å². The second kappa shape index (κ2) is 8.93. The highest BCUT2D eigenvalue weighted by Crippen LogP contribution is 2.24. The Morgan fingerprint density at radius 3 is 2.55 bits per heavy atom. The van der Waals surface area contributed by atoms with E-state index in [1.807, 2.05) is 66.7 Å². The Hall–Kier alpha value is -3.80. The van der Waals surface area contributed by atoms with E-state index in [1.54, 1.807) is 12.4 Å². The first-order valence-corrected chi connectivity index (χ1v) is 9.51. The van der Waals surface area contributed by atoms with Gasteiger partial charge in [-0.3, -0.25) is 9.78 Å². The molecule has 6 heteroatoms. The number of benzene rings is 2. The van der Waals surface area contributed by atoms with E-state index in [1.165, 1.54) is 0 Å². The van der Waals surface area contributed by atoms with Crippen molar-refractivity contribution in [1.82, 2.24) is 20.3 Å². The summed E-state index contributed by atoms with van der Waals surface area (Å²) in [6, 6.07) is 21.5. The van der Waals surface area contributed by atoms with Crippen molar-refractivity contribution in [2.45, 2.75) is 13.0 Å². The summed E-state index contributed by atoms with van der Waals surface area (Å²) in [5.74, 6) is 1.31. The summed E-state index contributed by atoms with van der Waals surface area (Å²) < 4.78 is 0. The van der Waals surface area contributed by atoms with Gasteiger partial charge in [-0.2, -0.15) is 0 Å². The standard InChI is InChI=1S/C23H21N5O/c29-21(26-15-17-7-2-1-3-8-17)12-14-25-23-19-10-4-5-11-20(19)27-22(28-23)18-9-6-13-24-16-18/h1-11,13,16H,12,14-15H2,(H,26,29)(H,25,27,28). The highest BCUT2D eigenvalue weighted by Gasteiger charge is 2.10. The van der Waals surface area contributed by atoms with Crippen LogP contribution in [0.3, 0.4) is 0 Å². The smallest absolute Gasteiger partial charge is 0.222 e. The summed E-state index contributed by atoms with van der Waals surface area (Å²) in [6.07, 6.45) is 3.82. The van der Waals surface area contributed by atoms with Gasteiger partial charge < -0.3 is 10.6 Å². The minimum Gasteiger partial charge on any atom is -0.369 e. The maximum absolute atomic E-state index is 12.2. The Labute approximate surface area is 169 Å². The monoisotopic (exact) mass is 383 g/mol. The molecule has 4 aromatic rings. The molecule has 0 atom stereocenters. The summed E-state index contributed by atoms with van der Waals surface area (Å²) in [5.41, 5.74) is 2.77. The van der Waals surface area contributed by atoms with Gasteiger partial charge in [-0.1, -0.05) is 42.5 Å². The van der Waals surface area contributed by atoms with E-state index in [0.29, 0.717) is 31.2 Å². The normalized spacial score (nSPS) is 10.6. The summed E-state index contributed by atoms with van der Waals surface area (Å²) >= 11 is 0. The quantitative estimate of drug-likeness (QED) is 0.507. The van der Waals surface area contributed by atoms with Crippen LogP contribution in [0.5, 0.6) is 0 Å². The van der Waals surface area contributed by atoms with Crippen LogP contribution >= 0.6 is 0 Å². The second-order valence-corrected chi connectivity index (χ2v) is 6.59. The van der Waals surface area contributed by atoms with Crippen molar-refractivity contribution in [3.05, 3.63) is 84.7 Å². The first kappa shape index (κ1) is 18.6. The van der Waals surface area contributed by atoms with Crippen LogP contribution < -0.4 is 10.6 Å². The van der Waals surface area contributed by atoms with Crippen LogP contribution in [-0.4, -0.2) is 27.4 Å². The summed E-state index contributed by atoms with van der Waals surface area (Å²) in [6.45, 7) is 1.01. The summed E-state index contributed by atoms with van der Waals surface area (Å²) in [7, 11) is 0. The molecule has 29 heavy (non-hydrogen) atoms. The Morgan fingerprint density at radius 1 is 0.897 bits per heavy atom. The Kier molecular flexibility index (Phi) is 5.71. The lowest BCUT2D eigenvalue weighted by atomic mass is 10.2. The third kappa shape index (κ3) is 4.73. The number of carbonyl (C=O) groups is 1. The van der Waals surface area contributed by atoms with Crippen LogP contribution in [0, 0.1) is 0 Å². The van der Waals surface area contributed by atoms with Crippen molar-refractivity contribution >= 4 is 22.6 Å². The molecule has 0 spiro atoms. The van der Waals surface area contributed by atoms with Crippen molar-refractivity contribution in [2.75, 3.05) is 11.9 Å². The van der Waals surface area contributed by atoms with Gasteiger partial charge in [0.15, 0.2) is 5.82 Å². The molecule has 6 nitrogen and oxygen atoms in total. The molecule has 0 saturated carbocycles. The number of anilines is 1. The lowest BCUT2D eigenvalue weighted by Gasteiger charge is -2.11. The maximum Gasteiger partial charge on any atom is 0.222 e. The average Bonchev–Trinajstić information content (AvgIpc) is 2.79. The minimum absolute atomic E-state index is 0.00722. The number of aromatic nitrogens is 3. The van der Waals surface area contributed by atoms with Gasteiger partial charge in [0, 0.05) is 42.9 Å². The summed E-state index contributed by atoms with van der Waals surface area (Å²) in [5, 5.41) is 7.16. The van der Waals surface area contributed by atoms with Crippen molar-refractivity contribution in [2.24, 2.45) is 0 Å². The van der Waals surface area contributed by atoms with Crippen LogP contribution in [0.4, 0.5) is 5.82 Å². The molecular weight excluding hydrogens is 362 g/mol.